The Bertz CT molecular complexity index is 762. The quantitative estimate of drug-likeness (QED) is 0.522. The molecule has 0 bridgehead atoms. The van der Waals surface area contributed by atoms with Crippen LogP contribution < -0.4 is 5.43 Å². The molecule has 0 aliphatic rings. The van der Waals surface area contributed by atoms with Crippen LogP contribution in [0.3, 0.4) is 0 Å². The van der Waals surface area contributed by atoms with Crippen LogP contribution in [-0.4, -0.2) is 21.6 Å². The summed E-state index contributed by atoms with van der Waals surface area (Å²) >= 11 is 0. The van der Waals surface area contributed by atoms with E-state index in [9.17, 15) is 14.9 Å². The number of nitro groups is 1. The molecule has 23 heavy (non-hydrogen) atoms. The first-order valence-electron chi connectivity index (χ1n) is 7.15. The number of nitro benzene ring substituents is 1. The Morgan fingerprint density at radius 1 is 1.39 bits per heavy atom. The number of rotatable bonds is 5. The van der Waals surface area contributed by atoms with E-state index in [-0.39, 0.29) is 11.3 Å². The summed E-state index contributed by atoms with van der Waals surface area (Å²) in [6.07, 6.45) is 3.49. The van der Waals surface area contributed by atoms with Gasteiger partial charge < -0.3 is 4.57 Å². The third-order valence-electron chi connectivity index (χ3n) is 3.33. The number of nitrogens with one attached hydrogen (secondary N) is 1. The standard InChI is InChI=1S/C16H18N4O3/c1-11(2)19-10-13(7-12(19)3)9-17-18-16(21)14-5-4-6-15(8-14)20(22)23/h4-11H,1-3H3,(H,18,21)/b17-9-. The summed E-state index contributed by atoms with van der Waals surface area (Å²) in [5.41, 5.74) is 4.40. The monoisotopic (exact) mass is 314 g/mol. The van der Waals surface area contributed by atoms with Crippen molar-refractivity contribution in [3.05, 3.63) is 63.5 Å². The van der Waals surface area contributed by atoms with Crippen molar-refractivity contribution in [2.24, 2.45) is 5.10 Å². The van der Waals surface area contributed by atoms with Gasteiger partial charge in [-0.15, -0.1) is 0 Å². The number of aromatic nitrogens is 1. The molecule has 0 saturated heterocycles. The number of aryl methyl sites for hydroxylation is 1. The first kappa shape index (κ1) is 16.4. The third-order valence-corrected chi connectivity index (χ3v) is 3.33. The zero-order valence-corrected chi connectivity index (χ0v) is 13.2. The van der Waals surface area contributed by atoms with Gasteiger partial charge in [0.15, 0.2) is 0 Å². The van der Waals surface area contributed by atoms with Crippen LogP contribution in [0.25, 0.3) is 0 Å². The number of nitrogens with zero attached hydrogens (tertiary/aromatic N) is 3. The summed E-state index contributed by atoms with van der Waals surface area (Å²) in [7, 11) is 0. The van der Waals surface area contributed by atoms with E-state index in [1.165, 1.54) is 24.3 Å². The van der Waals surface area contributed by atoms with E-state index in [4.69, 9.17) is 0 Å². The van der Waals surface area contributed by atoms with Gasteiger partial charge in [-0.1, -0.05) is 6.07 Å². The third kappa shape index (κ3) is 4.03. The largest absolute Gasteiger partial charge is 0.349 e. The molecule has 1 amide bonds. The van der Waals surface area contributed by atoms with Gasteiger partial charge in [0.1, 0.15) is 0 Å². The van der Waals surface area contributed by atoms with E-state index in [1.54, 1.807) is 6.21 Å². The molecule has 0 unspecified atom stereocenters. The summed E-state index contributed by atoms with van der Waals surface area (Å²) in [6.45, 7) is 6.16. The van der Waals surface area contributed by atoms with Crippen LogP contribution >= 0.6 is 0 Å². The van der Waals surface area contributed by atoms with Crippen molar-refractivity contribution in [1.29, 1.82) is 0 Å². The van der Waals surface area contributed by atoms with Crippen molar-refractivity contribution in [3.8, 4) is 0 Å². The maximum Gasteiger partial charge on any atom is 0.271 e. The van der Waals surface area contributed by atoms with Gasteiger partial charge in [-0.25, -0.2) is 5.43 Å². The second-order valence-corrected chi connectivity index (χ2v) is 5.42. The fraction of sp³-hybridized carbons (Fsp3) is 0.250. The number of hydrogen-bond acceptors (Lipinski definition) is 4. The summed E-state index contributed by atoms with van der Waals surface area (Å²) in [5.74, 6) is -0.495. The van der Waals surface area contributed by atoms with Gasteiger partial charge >= 0.3 is 0 Å². The van der Waals surface area contributed by atoms with Crippen LogP contribution in [0.4, 0.5) is 5.69 Å². The highest BCUT2D eigenvalue weighted by Crippen LogP contribution is 2.14. The van der Waals surface area contributed by atoms with Crippen LogP contribution in [-0.2, 0) is 0 Å². The summed E-state index contributed by atoms with van der Waals surface area (Å²) in [4.78, 5) is 22.1. The van der Waals surface area contributed by atoms with E-state index < -0.39 is 10.8 Å². The fourth-order valence-electron chi connectivity index (χ4n) is 2.23. The van der Waals surface area contributed by atoms with Gasteiger partial charge in [0.05, 0.1) is 11.1 Å². The van der Waals surface area contributed by atoms with Gasteiger partial charge in [0, 0.05) is 41.2 Å². The van der Waals surface area contributed by atoms with Crippen LogP contribution in [0.2, 0.25) is 0 Å². The molecule has 2 rings (SSSR count). The number of amides is 1. The predicted molar refractivity (Wildman–Crippen MR) is 87.7 cm³/mol. The molecule has 0 atom stereocenters. The Balaban J connectivity index is 2.05. The lowest BCUT2D eigenvalue weighted by Gasteiger charge is -2.08. The van der Waals surface area contributed by atoms with Gasteiger partial charge in [-0.05, 0) is 32.9 Å². The second kappa shape index (κ2) is 6.87. The van der Waals surface area contributed by atoms with E-state index in [0.29, 0.717) is 6.04 Å². The Kier molecular flexibility index (Phi) is 4.90. The number of non-ortho nitro benzene ring substituents is 1. The number of carbonyl (C=O) groups excluding carboxylic acids is 1. The average Bonchev–Trinajstić information content (AvgIpc) is 2.88. The number of benzene rings is 1. The van der Waals surface area contributed by atoms with E-state index in [0.717, 1.165) is 11.3 Å². The predicted octanol–water partition coefficient (Wildman–Crippen LogP) is 3.05. The summed E-state index contributed by atoms with van der Waals surface area (Å²) in [6, 6.07) is 7.81. The first-order valence-corrected chi connectivity index (χ1v) is 7.15. The summed E-state index contributed by atoms with van der Waals surface area (Å²) in [5, 5.41) is 14.6. The molecule has 0 saturated carbocycles. The van der Waals surface area contributed by atoms with Crippen molar-refractivity contribution in [1.82, 2.24) is 9.99 Å². The zero-order valence-electron chi connectivity index (χ0n) is 13.2. The minimum Gasteiger partial charge on any atom is -0.349 e. The molecule has 1 aromatic carbocycles. The van der Waals surface area contributed by atoms with Crippen molar-refractivity contribution >= 4 is 17.8 Å². The molecule has 1 aromatic heterocycles. The van der Waals surface area contributed by atoms with Crippen molar-refractivity contribution in [2.45, 2.75) is 26.8 Å². The molecule has 0 aliphatic carbocycles. The Morgan fingerprint density at radius 2 is 2.13 bits per heavy atom. The molecule has 7 heteroatoms. The maximum atomic E-state index is 11.9. The number of hydrazone groups is 1. The van der Waals surface area contributed by atoms with Crippen LogP contribution in [0.5, 0.6) is 0 Å². The highest BCUT2D eigenvalue weighted by molar-refractivity contribution is 5.95. The summed E-state index contributed by atoms with van der Waals surface area (Å²) < 4.78 is 2.10. The topological polar surface area (TPSA) is 89.5 Å². The first-order chi connectivity index (χ1) is 10.9. The SMILES string of the molecule is Cc1cc(/C=N\NC(=O)c2cccc([N+](=O)[O-])c2)cn1C(C)C. The average molecular weight is 314 g/mol. The van der Waals surface area contributed by atoms with E-state index in [1.807, 2.05) is 19.2 Å². The Labute approximate surface area is 133 Å². The Hall–Kier alpha value is -2.96. The molecule has 0 aliphatic heterocycles. The normalized spacial score (nSPS) is 11.1. The minimum atomic E-state index is -0.544. The number of carbonyl (C=O) groups is 1. The lowest BCUT2D eigenvalue weighted by atomic mass is 10.2. The van der Waals surface area contributed by atoms with Gasteiger partial charge in [0.2, 0.25) is 0 Å². The smallest absolute Gasteiger partial charge is 0.271 e. The van der Waals surface area contributed by atoms with E-state index in [2.05, 4.69) is 28.9 Å². The fourth-order valence-corrected chi connectivity index (χ4v) is 2.23. The van der Waals surface area contributed by atoms with Crippen molar-refractivity contribution < 1.29 is 9.72 Å². The zero-order chi connectivity index (χ0) is 17.0. The molecule has 0 fully saturated rings. The van der Waals surface area contributed by atoms with Crippen LogP contribution in [0.15, 0.2) is 41.6 Å². The van der Waals surface area contributed by atoms with Crippen LogP contribution in [0, 0.1) is 17.0 Å². The molecule has 0 radical (unpaired) electrons. The van der Waals surface area contributed by atoms with Crippen LogP contribution in [0.1, 0.15) is 41.5 Å². The molecule has 120 valence electrons. The van der Waals surface area contributed by atoms with Crippen molar-refractivity contribution in [2.75, 3.05) is 0 Å². The van der Waals surface area contributed by atoms with Gasteiger partial charge in [-0.2, -0.15) is 5.10 Å². The van der Waals surface area contributed by atoms with Gasteiger partial charge in [-0.3, -0.25) is 14.9 Å². The van der Waals surface area contributed by atoms with Crippen molar-refractivity contribution in [3.63, 3.8) is 0 Å². The highest BCUT2D eigenvalue weighted by Gasteiger charge is 2.10. The molecular weight excluding hydrogens is 296 g/mol. The number of hydrogen-bond donors (Lipinski definition) is 1. The van der Waals surface area contributed by atoms with Gasteiger partial charge in [0.25, 0.3) is 11.6 Å². The molecule has 7 nitrogen and oxygen atoms in total. The lowest BCUT2D eigenvalue weighted by Crippen LogP contribution is -2.17. The second-order valence-electron chi connectivity index (χ2n) is 5.42. The Morgan fingerprint density at radius 3 is 2.74 bits per heavy atom. The van der Waals surface area contributed by atoms with E-state index >= 15 is 0 Å². The molecule has 2 aromatic rings. The molecule has 0 spiro atoms. The molecule has 1 heterocycles. The highest BCUT2D eigenvalue weighted by atomic mass is 16.6. The minimum absolute atomic E-state index is 0.133. The molecular formula is C16H18N4O3. The molecule has 1 N–H and O–H groups in total. The maximum absolute atomic E-state index is 11.9. The lowest BCUT2D eigenvalue weighted by molar-refractivity contribution is -0.384.